The normalized spacial score (nSPS) is 10.3. The van der Waals surface area contributed by atoms with E-state index in [1.54, 1.807) is 24.4 Å². The fraction of sp³-hybridized carbons (Fsp3) is 0.100. The van der Waals surface area contributed by atoms with E-state index >= 15 is 0 Å². The summed E-state index contributed by atoms with van der Waals surface area (Å²) in [7, 11) is 0. The van der Waals surface area contributed by atoms with Crippen LogP contribution < -0.4 is 10.1 Å². The van der Waals surface area contributed by atoms with Gasteiger partial charge in [0.25, 0.3) is 5.91 Å². The van der Waals surface area contributed by atoms with E-state index in [0.717, 1.165) is 5.56 Å². The lowest BCUT2D eigenvalue weighted by Crippen LogP contribution is -2.23. The number of pyridine rings is 1. The summed E-state index contributed by atoms with van der Waals surface area (Å²) in [6.45, 7) is 0.561. The van der Waals surface area contributed by atoms with Gasteiger partial charge in [-0.05, 0) is 23.8 Å². The number of nitrogens with one attached hydrogen (secondary N) is 1. The van der Waals surface area contributed by atoms with E-state index in [-0.39, 0.29) is 18.3 Å². The Hall–Kier alpha value is -3.21. The summed E-state index contributed by atoms with van der Waals surface area (Å²) in [6, 6.07) is 17.3. The summed E-state index contributed by atoms with van der Waals surface area (Å²) in [5, 5.41) is 2.79. The zero-order valence-electron chi connectivity index (χ0n) is 13.5. The maximum Gasteiger partial charge on any atom is 0.253 e. The van der Waals surface area contributed by atoms with Crippen LogP contribution in [0.3, 0.4) is 0 Å². The van der Waals surface area contributed by atoms with Crippen LogP contribution in [0, 0.1) is 5.82 Å². The van der Waals surface area contributed by atoms with Gasteiger partial charge in [-0.3, -0.25) is 9.78 Å². The van der Waals surface area contributed by atoms with Crippen molar-refractivity contribution < 1.29 is 13.9 Å². The number of nitrogens with zero attached hydrogens (tertiary/aromatic N) is 1. The fourth-order valence-corrected chi connectivity index (χ4v) is 2.32. The van der Waals surface area contributed by atoms with E-state index in [0.29, 0.717) is 23.5 Å². The minimum Gasteiger partial charge on any atom is -0.488 e. The van der Waals surface area contributed by atoms with Crippen molar-refractivity contribution in [3.05, 3.63) is 95.6 Å². The molecular weight excluding hydrogens is 319 g/mol. The van der Waals surface area contributed by atoms with Gasteiger partial charge in [0.2, 0.25) is 0 Å². The van der Waals surface area contributed by atoms with Gasteiger partial charge in [0.1, 0.15) is 18.2 Å². The van der Waals surface area contributed by atoms with Crippen LogP contribution in [0.2, 0.25) is 0 Å². The van der Waals surface area contributed by atoms with Gasteiger partial charge in [0, 0.05) is 30.6 Å². The molecule has 0 aliphatic heterocycles. The highest BCUT2D eigenvalue weighted by atomic mass is 19.1. The minimum atomic E-state index is -0.384. The standard InChI is InChI=1S/C20H17FN2O2/c21-18-9-8-16(13-23-20(24)17-7-4-10-22-12-17)19(11-18)25-14-15-5-2-1-3-6-15/h1-12H,13-14H2,(H,23,24). The van der Waals surface area contributed by atoms with E-state index in [1.807, 2.05) is 30.3 Å². The number of ether oxygens (including phenoxy) is 1. The Morgan fingerprint density at radius 2 is 1.92 bits per heavy atom. The first kappa shape index (κ1) is 16.6. The molecule has 1 aromatic heterocycles. The Labute approximate surface area is 145 Å². The van der Waals surface area contributed by atoms with E-state index in [9.17, 15) is 9.18 Å². The third kappa shape index (κ3) is 4.64. The monoisotopic (exact) mass is 336 g/mol. The van der Waals surface area contributed by atoms with Crippen LogP contribution in [0.25, 0.3) is 0 Å². The van der Waals surface area contributed by atoms with Gasteiger partial charge in [-0.1, -0.05) is 36.4 Å². The zero-order valence-corrected chi connectivity index (χ0v) is 13.5. The Morgan fingerprint density at radius 1 is 1.08 bits per heavy atom. The second kappa shape index (κ2) is 8.06. The van der Waals surface area contributed by atoms with E-state index in [1.165, 1.54) is 18.3 Å². The van der Waals surface area contributed by atoms with Crippen LogP contribution in [0.5, 0.6) is 5.75 Å². The van der Waals surface area contributed by atoms with Crippen LogP contribution in [0.15, 0.2) is 73.1 Å². The van der Waals surface area contributed by atoms with Gasteiger partial charge in [-0.25, -0.2) is 4.39 Å². The highest BCUT2D eigenvalue weighted by Crippen LogP contribution is 2.21. The smallest absolute Gasteiger partial charge is 0.253 e. The molecule has 2 aromatic carbocycles. The molecule has 0 spiro atoms. The molecule has 0 atom stereocenters. The number of aromatic nitrogens is 1. The average molecular weight is 336 g/mol. The van der Waals surface area contributed by atoms with Gasteiger partial charge < -0.3 is 10.1 Å². The van der Waals surface area contributed by atoms with Crippen LogP contribution in [-0.2, 0) is 13.2 Å². The molecule has 0 unspecified atom stereocenters. The first-order chi connectivity index (χ1) is 12.2. The van der Waals surface area contributed by atoms with Crippen LogP contribution in [-0.4, -0.2) is 10.9 Å². The number of carbonyl (C=O) groups excluding carboxylic acids is 1. The highest BCUT2D eigenvalue weighted by Gasteiger charge is 2.09. The molecule has 0 aliphatic rings. The van der Waals surface area contributed by atoms with Crippen molar-refractivity contribution in [2.75, 3.05) is 0 Å². The number of benzene rings is 2. The van der Waals surface area contributed by atoms with E-state index in [2.05, 4.69) is 10.3 Å². The van der Waals surface area contributed by atoms with Gasteiger partial charge in [-0.15, -0.1) is 0 Å². The SMILES string of the molecule is O=C(NCc1ccc(F)cc1OCc1ccccc1)c1cccnc1. The van der Waals surface area contributed by atoms with Crippen molar-refractivity contribution in [3.63, 3.8) is 0 Å². The molecule has 0 saturated carbocycles. The molecule has 3 aromatic rings. The van der Waals surface area contributed by atoms with Crippen molar-refractivity contribution in [1.29, 1.82) is 0 Å². The summed E-state index contributed by atoms with van der Waals surface area (Å²) in [6.07, 6.45) is 3.10. The van der Waals surface area contributed by atoms with E-state index in [4.69, 9.17) is 4.74 Å². The van der Waals surface area contributed by atoms with Crippen molar-refractivity contribution in [2.24, 2.45) is 0 Å². The molecule has 25 heavy (non-hydrogen) atoms. The molecule has 4 nitrogen and oxygen atoms in total. The summed E-state index contributed by atoms with van der Waals surface area (Å²) in [5.74, 6) is -0.216. The molecule has 0 radical (unpaired) electrons. The zero-order chi connectivity index (χ0) is 17.5. The molecule has 126 valence electrons. The van der Waals surface area contributed by atoms with Crippen LogP contribution in [0.1, 0.15) is 21.5 Å². The third-order valence-corrected chi connectivity index (χ3v) is 3.63. The summed E-state index contributed by atoms with van der Waals surface area (Å²) >= 11 is 0. The predicted octanol–water partition coefficient (Wildman–Crippen LogP) is 3.73. The summed E-state index contributed by atoms with van der Waals surface area (Å²) in [4.78, 5) is 16.0. The predicted molar refractivity (Wildman–Crippen MR) is 92.6 cm³/mol. The average Bonchev–Trinajstić information content (AvgIpc) is 2.67. The fourth-order valence-electron chi connectivity index (χ4n) is 2.32. The molecule has 5 heteroatoms. The molecule has 0 bridgehead atoms. The number of carbonyl (C=O) groups is 1. The molecule has 3 rings (SSSR count). The van der Waals surface area contributed by atoms with Gasteiger partial charge in [-0.2, -0.15) is 0 Å². The lowest BCUT2D eigenvalue weighted by Gasteiger charge is -2.13. The van der Waals surface area contributed by atoms with Crippen molar-refractivity contribution in [2.45, 2.75) is 13.2 Å². The van der Waals surface area contributed by atoms with Crippen molar-refractivity contribution >= 4 is 5.91 Å². The molecule has 0 fully saturated rings. The second-order valence-corrected chi connectivity index (χ2v) is 5.45. The number of halogens is 1. The molecule has 1 N–H and O–H groups in total. The maximum absolute atomic E-state index is 13.6. The largest absolute Gasteiger partial charge is 0.488 e. The second-order valence-electron chi connectivity index (χ2n) is 5.45. The van der Waals surface area contributed by atoms with Gasteiger partial charge in [0.05, 0.1) is 5.56 Å². The molecule has 0 aliphatic carbocycles. The number of amides is 1. The lowest BCUT2D eigenvalue weighted by atomic mass is 10.1. The first-order valence-electron chi connectivity index (χ1n) is 7.86. The molecule has 1 amide bonds. The number of hydrogen-bond donors (Lipinski definition) is 1. The van der Waals surface area contributed by atoms with Gasteiger partial charge in [0.15, 0.2) is 0 Å². The Bertz CT molecular complexity index is 839. The highest BCUT2D eigenvalue weighted by molar-refractivity contribution is 5.93. The van der Waals surface area contributed by atoms with Crippen LogP contribution >= 0.6 is 0 Å². The van der Waals surface area contributed by atoms with Crippen molar-refractivity contribution in [3.8, 4) is 5.75 Å². The topological polar surface area (TPSA) is 51.2 Å². The Morgan fingerprint density at radius 3 is 2.68 bits per heavy atom. The Balaban J connectivity index is 1.67. The summed E-state index contributed by atoms with van der Waals surface area (Å²) in [5.41, 5.74) is 2.16. The van der Waals surface area contributed by atoms with Gasteiger partial charge >= 0.3 is 0 Å². The minimum absolute atomic E-state index is 0.234. The lowest BCUT2D eigenvalue weighted by molar-refractivity contribution is 0.0950. The number of hydrogen-bond acceptors (Lipinski definition) is 3. The van der Waals surface area contributed by atoms with E-state index < -0.39 is 0 Å². The van der Waals surface area contributed by atoms with Crippen molar-refractivity contribution in [1.82, 2.24) is 10.3 Å². The quantitative estimate of drug-likeness (QED) is 0.746. The maximum atomic E-state index is 13.6. The Kier molecular flexibility index (Phi) is 5.36. The molecule has 1 heterocycles. The number of rotatable bonds is 6. The molecule has 0 saturated heterocycles. The summed E-state index contributed by atoms with van der Waals surface area (Å²) < 4.78 is 19.3. The van der Waals surface area contributed by atoms with Crippen LogP contribution in [0.4, 0.5) is 4.39 Å². The first-order valence-corrected chi connectivity index (χ1v) is 7.86. The third-order valence-electron chi connectivity index (χ3n) is 3.63. The molecular formula is C20H17FN2O2.